The van der Waals surface area contributed by atoms with Gasteiger partial charge in [-0.2, -0.15) is 0 Å². The first-order valence-electron chi connectivity index (χ1n) is 11.3. The van der Waals surface area contributed by atoms with Crippen LogP contribution >= 0.6 is 0 Å². The van der Waals surface area contributed by atoms with Crippen LogP contribution in [-0.4, -0.2) is 39.7 Å². The molecule has 2 aromatic heterocycles. The van der Waals surface area contributed by atoms with Crippen molar-refractivity contribution < 1.29 is 9.53 Å². The average molecular weight is 442 g/mol. The Hall–Kier alpha value is -3.80. The van der Waals surface area contributed by atoms with E-state index in [2.05, 4.69) is 47.5 Å². The number of aromatic amines is 1. The summed E-state index contributed by atoms with van der Waals surface area (Å²) in [6.07, 6.45) is 4.35. The summed E-state index contributed by atoms with van der Waals surface area (Å²) in [7, 11) is 1.75. The second-order valence-corrected chi connectivity index (χ2v) is 8.87. The molecule has 1 N–H and O–H groups in total. The Bertz CT molecular complexity index is 1460. The number of pyridine rings is 1. The van der Waals surface area contributed by atoms with Crippen LogP contribution in [0.2, 0.25) is 0 Å². The number of benzene rings is 2. The second kappa shape index (κ2) is 8.28. The van der Waals surface area contributed by atoms with Crippen molar-refractivity contribution in [2.75, 3.05) is 13.1 Å². The van der Waals surface area contributed by atoms with Crippen molar-refractivity contribution in [2.24, 2.45) is 7.05 Å². The third-order valence-electron chi connectivity index (χ3n) is 6.21. The minimum absolute atomic E-state index is 0.0225. The number of aromatic nitrogens is 2. The van der Waals surface area contributed by atoms with Gasteiger partial charge < -0.3 is 19.2 Å². The predicted molar refractivity (Wildman–Crippen MR) is 132 cm³/mol. The smallest absolute Gasteiger partial charge is 0.410 e. The average Bonchev–Trinajstić information content (AvgIpc) is 3.17. The predicted octanol–water partition coefficient (Wildman–Crippen LogP) is 5.32. The molecule has 168 valence electrons. The molecule has 3 heterocycles. The molecule has 0 aliphatic carbocycles. The number of nitrogens with zero attached hydrogens (tertiary/aromatic N) is 2. The molecule has 6 heteroatoms. The molecule has 1 aliphatic heterocycles. The Labute approximate surface area is 192 Å². The van der Waals surface area contributed by atoms with Crippen LogP contribution in [0.3, 0.4) is 0 Å². The van der Waals surface area contributed by atoms with Crippen LogP contribution in [0.5, 0.6) is 0 Å². The minimum Gasteiger partial charge on any atom is -0.447 e. The van der Waals surface area contributed by atoms with Crippen molar-refractivity contribution in [3.63, 3.8) is 0 Å². The number of rotatable bonds is 3. The monoisotopic (exact) mass is 441 g/mol. The Morgan fingerprint density at radius 1 is 0.970 bits per heavy atom. The fraction of sp³-hybridized carbons (Fsp3) is 0.259. The molecule has 0 atom stereocenters. The highest BCUT2D eigenvalue weighted by Gasteiger charge is 2.20. The highest BCUT2D eigenvalue weighted by Crippen LogP contribution is 2.32. The highest BCUT2D eigenvalue weighted by atomic mass is 16.6. The number of hydrogen-bond acceptors (Lipinski definition) is 3. The quantitative estimate of drug-likeness (QED) is 0.468. The zero-order chi connectivity index (χ0) is 23.1. The largest absolute Gasteiger partial charge is 0.447 e. The summed E-state index contributed by atoms with van der Waals surface area (Å²) in [6, 6.07) is 16.4. The number of hydrogen-bond donors (Lipinski definition) is 1. The lowest BCUT2D eigenvalue weighted by Crippen LogP contribution is -2.36. The number of carbonyl (C=O) groups excluding carboxylic acids is 1. The minimum atomic E-state index is -0.251. The normalized spacial score (nSPS) is 14.2. The number of carbonyl (C=O) groups is 1. The third kappa shape index (κ3) is 4.04. The van der Waals surface area contributed by atoms with Crippen molar-refractivity contribution in [3.05, 3.63) is 76.7 Å². The first-order valence-corrected chi connectivity index (χ1v) is 11.3. The van der Waals surface area contributed by atoms with Crippen molar-refractivity contribution in [2.45, 2.75) is 26.4 Å². The molecule has 1 amide bonds. The van der Waals surface area contributed by atoms with Crippen LogP contribution in [0.4, 0.5) is 4.79 Å². The van der Waals surface area contributed by atoms with E-state index in [9.17, 15) is 9.59 Å². The van der Waals surface area contributed by atoms with Gasteiger partial charge in [0.25, 0.3) is 5.56 Å². The molecule has 0 spiro atoms. The Balaban J connectivity index is 1.45. The standard InChI is InChI=1S/C27H27N3O3/c1-17(2)33-27(32)30-12-9-18(10-13-30)19-5-7-24-23(14-19)22-6-4-20(15-25(22)28-24)21-8-11-29(3)26(31)16-21/h4-9,11,14-17,28H,10,12-13H2,1-3H3. The summed E-state index contributed by atoms with van der Waals surface area (Å²) in [5, 5.41) is 2.32. The molecular weight excluding hydrogens is 414 g/mol. The van der Waals surface area contributed by atoms with E-state index in [4.69, 9.17) is 4.74 Å². The first-order chi connectivity index (χ1) is 15.9. The molecule has 4 aromatic rings. The van der Waals surface area contributed by atoms with Gasteiger partial charge in [-0.1, -0.05) is 24.3 Å². The zero-order valence-electron chi connectivity index (χ0n) is 19.1. The SMILES string of the molecule is CC(C)OC(=O)N1CC=C(c2ccc3[nH]c4cc(-c5ccn(C)c(=O)c5)ccc4c3c2)CC1. The van der Waals surface area contributed by atoms with E-state index in [1.165, 1.54) is 16.5 Å². The molecule has 6 nitrogen and oxygen atoms in total. The van der Waals surface area contributed by atoms with E-state index < -0.39 is 0 Å². The summed E-state index contributed by atoms with van der Waals surface area (Å²) in [4.78, 5) is 29.4. The number of H-pyrrole nitrogens is 1. The fourth-order valence-corrected chi connectivity index (χ4v) is 4.38. The first kappa shape index (κ1) is 21.1. The van der Waals surface area contributed by atoms with Gasteiger partial charge >= 0.3 is 6.09 Å². The molecule has 2 aromatic carbocycles. The maximum absolute atomic E-state index is 12.2. The summed E-state index contributed by atoms with van der Waals surface area (Å²) >= 11 is 0. The Morgan fingerprint density at radius 3 is 2.48 bits per heavy atom. The third-order valence-corrected chi connectivity index (χ3v) is 6.21. The van der Waals surface area contributed by atoms with Crippen molar-refractivity contribution in [3.8, 4) is 11.1 Å². The highest BCUT2D eigenvalue weighted by molar-refractivity contribution is 6.09. The summed E-state index contributed by atoms with van der Waals surface area (Å²) in [5.41, 5.74) is 6.44. The van der Waals surface area contributed by atoms with E-state index >= 15 is 0 Å². The van der Waals surface area contributed by atoms with Gasteiger partial charge in [-0.15, -0.1) is 0 Å². The van der Waals surface area contributed by atoms with Crippen molar-refractivity contribution >= 4 is 33.5 Å². The summed E-state index contributed by atoms with van der Waals surface area (Å²) in [5.74, 6) is 0. The van der Waals surface area contributed by atoms with Crippen LogP contribution in [0.25, 0.3) is 38.5 Å². The summed E-state index contributed by atoms with van der Waals surface area (Å²) < 4.78 is 6.88. The maximum atomic E-state index is 12.2. The van der Waals surface area contributed by atoms with E-state index in [0.29, 0.717) is 13.1 Å². The molecule has 0 bridgehead atoms. The van der Waals surface area contributed by atoms with Gasteiger partial charge in [0.2, 0.25) is 0 Å². The zero-order valence-corrected chi connectivity index (χ0v) is 19.1. The van der Waals surface area contributed by atoms with Gasteiger partial charge in [-0.3, -0.25) is 4.79 Å². The molecule has 1 aliphatic rings. The topological polar surface area (TPSA) is 67.3 Å². The van der Waals surface area contributed by atoms with Crippen molar-refractivity contribution in [1.29, 1.82) is 0 Å². The second-order valence-electron chi connectivity index (χ2n) is 8.87. The fourth-order valence-electron chi connectivity index (χ4n) is 4.38. The molecule has 33 heavy (non-hydrogen) atoms. The van der Waals surface area contributed by atoms with Gasteiger partial charge in [-0.05, 0) is 66.8 Å². The maximum Gasteiger partial charge on any atom is 0.410 e. The number of nitrogens with one attached hydrogen (secondary N) is 1. The van der Waals surface area contributed by atoms with Gasteiger partial charge in [0.15, 0.2) is 0 Å². The molecule has 5 rings (SSSR count). The van der Waals surface area contributed by atoms with Gasteiger partial charge in [0.05, 0.1) is 6.10 Å². The molecule has 0 saturated heterocycles. The lowest BCUT2D eigenvalue weighted by atomic mass is 9.97. The molecule has 0 saturated carbocycles. The molecular formula is C27H27N3O3. The summed E-state index contributed by atoms with van der Waals surface area (Å²) in [6.45, 7) is 4.95. The van der Waals surface area contributed by atoms with Gasteiger partial charge in [0.1, 0.15) is 0 Å². The molecule has 0 radical (unpaired) electrons. The number of aryl methyl sites for hydroxylation is 1. The Kier molecular flexibility index (Phi) is 5.29. The lowest BCUT2D eigenvalue weighted by Gasteiger charge is -2.26. The van der Waals surface area contributed by atoms with Crippen molar-refractivity contribution in [1.82, 2.24) is 14.5 Å². The number of fused-ring (bicyclic) bond motifs is 3. The van der Waals surface area contributed by atoms with E-state index in [1.54, 1.807) is 28.8 Å². The van der Waals surface area contributed by atoms with Crippen LogP contribution in [-0.2, 0) is 11.8 Å². The van der Waals surface area contributed by atoms with Gasteiger partial charge in [-0.25, -0.2) is 4.79 Å². The van der Waals surface area contributed by atoms with E-state index in [1.807, 2.05) is 19.9 Å². The van der Waals surface area contributed by atoms with Gasteiger partial charge in [0, 0.05) is 54.2 Å². The molecule has 0 unspecified atom stereocenters. The number of amides is 1. The molecule has 0 fully saturated rings. The lowest BCUT2D eigenvalue weighted by molar-refractivity contribution is 0.0799. The number of ether oxygens (including phenoxy) is 1. The van der Waals surface area contributed by atoms with Crippen LogP contribution < -0.4 is 5.56 Å². The van der Waals surface area contributed by atoms with Crippen LogP contribution in [0.1, 0.15) is 25.8 Å². The van der Waals surface area contributed by atoms with E-state index in [0.717, 1.165) is 34.0 Å². The Morgan fingerprint density at radius 2 is 1.76 bits per heavy atom. The van der Waals surface area contributed by atoms with Crippen LogP contribution in [0, 0.1) is 0 Å². The van der Waals surface area contributed by atoms with E-state index in [-0.39, 0.29) is 17.8 Å². The van der Waals surface area contributed by atoms with Crippen LogP contribution in [0.15, 0.2) is 65.6 Å².